The summed E-state index contributed by atoms with van der Waals surface area (Å²) in [6.45, 7) is -0.257. The number of halogens is 1. The molecule has 178 valence electrons. The molecule has 0 aliphatic carbocycles. The molecule has 10 nitrogen and oxygen atoms in total. The minimum atomic E-state index is -0.501. The third-order valence-electron chi connectivity index (χ3n) is 4.93. The lowest BCUT2D eigenvalue weighted by atomic mass is 10.2. The second kappa shape index (κ2) is 10.7. The first kappa shape index (κ1) is 23.7. The molecular formula is C24H21ClN6O4. The van der Waals surface area contributed by atoms with Crippen molar-refractivity contribution in [2.45, 2.75) is 0 Å². The highest BCUT2D eigenvalue weighted by Crippen LogP contribution is 2.28. The molecule has 2 amide bonds. The van der Waals surface area contributed by atoms with Gasteiger partial charge in [0.05, 0.1) is 25.6 Å². The summed E-state index contributed by atoms with van der Waals surface area (Å²) in [5, 5.41) is 15.0. The van der Waals surface area contributed by atoms with Crippen molar-refractivity contribution in [3.8, 4) is 17.1 Å². The van der Waals surface area contributed by atoms with Crippen molar-refractivity contribution in [1.82, 2.24) is 25.1 Å². The smallest absolute Gasteiger partial charge is 0.273 e. The second-order valence-corrected chi connectivity index (χ2v) is 7.82. The molecule has 0 fully saturated rings. The number of benzene rings is 2. The molecule has 0 spiro atoms. The Bertz CT molecular complexity index is 1350. The van der Waals surface area contributed by atoms with E-state index >= 15 is 0 Å². The van der Waals surface area contributed by atoms with E-state index in [2.05, 4.69) is 20.8 Å². The highest BCUT2D eigenvalue weighted by Gasteiger charge is 2.24. The van der Waals surface area contributed by atoms with Gasteiger partial charge >= 0.3 is 0 Å². The van der Waals surface area contributed by atoms with Crippen molar-refractivity contribution >= 4 is 40.9 Å². The molecule has 0 saturated carbocycles. The van der Waals surface area contributed by atoms with Gasteiger partial charge in [0.2, 0.25) is 5.91 Å². The predicted molar refractivity (Wildman–Crippen MR) is 130 cm³/mol. The summed E-state index contributed by atoms with van der Waals surface area (Å²) in [5.41, 5.74) is 1.20. The zero-order valence-electron chi connectivity index (χ0n) is 18.9. The lowest BCUT2D eigenvalue weighted by Crippen LogP contribution is -2.36. The number of amides is 2. The van der Waals surface area contributed by atoms with Crippen LogP contribution in [-0.4, -0.2) is 57.6 Å². The average Bonchev–Trinajstić information content (AvgIpc) is 3.55. The van der Waals surface area contributed by atoms with Gasteiger partial charge in [-0.25, -0.2) is 0 Å². The van der Waals surface area contributed by atoms with E-state index in [-0.39, 0.29) is 12.2 Å². The van der Waals surface area contributed by atoms with Gasteiger partial charge in [-0.2, -0.15) is 4.68 Å². The Kier molecular flexibility index (Phi) is 7.22. The van der Waals surface area contributed by atoms with Crippen LogP contribution in [0.2, 0.25) is 5.02 Å². The Morgan fingerprint density at radius 3 is 2.69 bits per heavy atom. The minimum Gasteiger partial charge on any atom is -0.495 e. The fourth-order valence-electron chi connectivity index (χ4n) is 3.29. The Labute approximate surface area is 205 Å². The molecule has 0 bridgehead atoms. The Morgan fingerprint density at radius 2 is 1.97 bits per heavy atom. The molecule has 0 unspecified atom stereocenters. The van der Waals surface area contributed by atoms with E-state index in [0.717, 1.165) is 0 Å². The number of tetrazole rings is 1. The van der Waals surface area contributed by atoms with Crippen LogP contribution in [0.1, 0.15) is 5.76 Å². The number of nitrogens with zero attached hydrogens (tertiary/aromatic N) is 5. The Morgan fingerprint density at radius 1 is 1.17 bits per heavy atom. The number of hydrogen-bond donors (Lipinski definition) is 1. The van der Waals surface area contributed by atoms with Crippen molar-refractivity contribution in [1.29, 1.82) is 0 Å². The number of likely N-dealkylation sites (N-methyl/N-ethyl adjacent to an activating group) is 1. The van der Waals surface area contributed by atoms with E-state index in [1.165, 1.54) is 36.1 Å². The van der Waals surface area contributed by atoms with Crippen LogP contribution in [0.25, 0.3) is 23.2 Å². The molecule has 0 radical (unpaired) electrons. The van der Waals surface area contributed by atoms with Gasteiger partial charge in [0.25, 0.3) is 5.91 Å². The maximum Gasteiger partial charge on any atom is 0.273 e. The molecular weight excluding hydrogens is 472 g/mol. The molecule has 2 aromatic heterocycles. The van der Waals surface area contributed by atoms with E-state index < -0.39 is 11.8 Å². The summed E-state index contributed by atoms with van der Waals surface area (Å²) < 4.78 is 12.0. The summed E-state index contributed by atoms with van der Waals surface area (Å²) in [5.74, 6) is 0.275. The summed E-state index contributed by atoms with van der Waals surface area (Å²) in [6, 6.07) is 17.4. The topological polar surface area (TPSA) is 115 Å². The Hall–Kier alpha value is -4.44. The zero-order chi connectivity index (χ0) is 24.8. The van der Waals surface area contributed by atoms with Gasteiger partial charge in [-0.15, -0.1) is 5.10 Å². The highest BCUT2D eigenvalue weighted by atomic mass is 35.5. The Balaban J connectivity index is 1.60. The quantitative estimate of drug-likeness (QED) is 0.373. The van der Waals surface area contributed by atoms with Gasteiger partial charge in [0.1, 0.15) is 17.2 Å². The standard InChI is InChI=1S/C24H21ClN6O4/c1-30(15-22(32)26-19-13-17(25)10-11-21(19)34-2)24(33)20(14-18-9-6-12-35-18)31-23(27-28-29-31)16-7-4-3-5-8-16/h3-14H,15H2,1-2H3,(H,26,32). The molecule has 0 atom stereocenters. The lowest BCUT2D eigenvalue weighted by molar-refractivity contribution is -0.128. The fraction of sp³-hybridized carbons (Fsp3) is 0.125. The van der Waals surface area contributed by atoms with E-state index in [0.29, 0.717) is 33.6 Å². The number of hydrogen-bond acceptors (Lipinski definition) is 7. The molecule has 1 N–H and O–H groups in total. The van der Waals surface area contributed by atoms with Gasteiger partial charge in [0.15, 0.2) is 5.82 Å². The summed E-state index contributed by atoms with van der Waals surface area (Å²) in [7, 11) is 2.98. The minimum absolute atomic E-state index is 0.0967. The number of aromatic nitrogens is 4. The van der Waals surface area contributed by atoms with Crippen molar-refractivity contribution in [2.75, 3.05) is 26.0 Å². The zero-order valence-corrected chi connectivity index (χ0v) is 19.6. The second-order valence-electron chi connectivity index (χ2n) is 7.38. The van der Waals surface area contributed by atoms with Gasteiger partial charge in [-0.05, 0) is 40.8 Å². The first-order valence-electron chi connectivity index (χ1n) is 10.4. The van der Waals surface area contributed by atoms with Crippen LogP contribution in [0.4, 0.5) is 5.69 Å². The van der Waals surface area contributed by atoms with Crippen LogP contribution in [0.3, 0.4) is 0 Å². The van der Waals surface area contributed by atoms with E-state index in [1.807, 2.05) is 30.3 Å². The van der Waals surface area contributed by atoms with Gasteiger partial charge < -0.3 is 19.4 Å². The van der Waals surface area contributed by atoms with Crippen LogP contribution in [0, 0.1) is 0 Å². The fourth-order valence-corrected chi connectivity index (χ4v) is 3.46. The molecule has 2 aromatic carbocycles. The van der Waals surface area contributed by atoms with Crippen LogP contribution >= 0.6 is 11.6 Å². The van der Waals surface area contributed by atoms with Crippen LogP contribution in [0.15, 0.2) is 71.3 Å². The number of furan rings is 1. The number of nitrogens with one attached hydrogen (secondary N) is 1. The van der Waals surface area contributed by atoms with Crippen molar-refractivity contribution < 1.29 is 18.7 Å². The number of rotatable bonds is 8. The summed E-state index contributed by atoms with van der Waals surface area (Å²) >= 11 is 6.04. The number of carbonyl (C=O) groups is 2. The highest BCUT2D eigenvalue weighted by molar-refractivity contribution is 6.31. The third kappa shape index (κ3) is 5.56. The first-order valence-corrected chi connectivity index (χ1v) is 10.8. The van der Waals surface area contributed by atoms with E-state index in [9.17, 15) is 9.59 Å². The van der Waals surface area contributed by atoms with Gasteiger partial charge in [0, 0.05) is 23.7 Å². The van der Waals surface area contributed by atoms with Crippen molar-refractivity contribution in [3.63, 3.8) is 0 Å². The molecule has 2 heterocycles. The summed E-state index contributed by atoms with van der Waals surface area (Å²) in [6.07, 6.45) is 3.00. The molecule has 4 aromatic rings. The van der Waals surface area contributed by atoms with Gasteiger partial charge in [-0.3, -0.25) is 9.59 Å². The van der Waals surface area contributed by atoms with E-state index in [4.69, 9.17) is 20.8 Å². The number of ether oxygens (including phenoxy) is 1. The average molecular weight is 493 g/mol. The van der Waals surface area contributed by atoms with Gasteiger partial charge in [-0.1, -0.05) is 41.9 Å². The number of carbonyl (C=O) groups excluding carboxylic acids is 2. The molecule has 0 aliphatic heterocycles. The summed E-state index contributed by atoms with van der Waals surface area (Å²) in [4.78, 5) is 27.5. The molecule has 0 saturated heterocycles. The van der Waals surface area contributed by atoms with E-state index in [1.54, 1.807) is 30.3 Å². The normalized spacial score (nSPS) is 11.2. The first-order chi connectivity index (χ1) is 17.0. The maximum atomic E-state index is 13.5. The molecule has 0 aliphatic rings. The van der Waals surface area contributed by atoms with Crippen molar-refractivity contribution in [2.24, 2.45) is 0 Å². The number of anilines is 1. The predicted octanol–water partition coefficient (Wildman–Crippen LogP) is 3.69. The van der Waals surface area contributed by atoms with Crippen molar-refractivity contribution in [3.05, 3.63) is 77.7 Å². The SMILES string of the molecule is COc1ccc(Cl)cc1NC(=O)CN(C)C(=O)C(=Cc1ccco1)n1nnnc1-c1ccccc1. The largest absolute Gasteiger partial charge is 0.495 e. The van der Waals surface area contributed by atoms with Crippen LogP contribution < -0.4 is 10.1 Å². The third-order valence-corrected chi connectivity index (χ3v) is 5.17. The molecule has 35 heavy (non-hydrogen) atoms. The molecule has 4 rings (SSSR count). The van der Waals surface area contributed by atoms with Crippen LogP contribution in [-0.2, 0) is 9.59 Å². The maximum absolute atomic E-state index is 13.5. The number of methoxy groups -OCH3 is 1. The monoisotopic (exact) mass is 492 g/mol. The lowest BCUT2D eigenvalue weighted by Gasteiger charge is -2.19. The van der Waals surface area contributed by atoms with Crippen LogP contribution in [0.5, 0.6) is 5.75 Å². The molecule has 11 heteroatoms.